The molecule has 2 aromatic heterocycles. The van der Waals surface area contributed by atoms with Crippen molar-refractivity contribution in [1.29, 1.82) is 0 Å². The number of hydrogen-bond acceptors (Lipinski definition) is 4. The second-order valence-electron chi connectivity index (χ2n) is 5.89. The number of hydrogen-bond donors (Lipinski definition) is 1. The van der Waals surface area contributed by atoms with Crippen LogP contribution in [0.2, 0.25) is 0 Å². The molecule has 0 amide bonds. The number of nitrogens with one attached hydrogen (secondary N) is 1. The molecule has 0 spiro atoms. The first-order valence-corrected chi connectivity index (χ1v) is 8.71. The van der Waals surface area contributed by atoms with Crippen molar-refractivity contribution >= 4 is 29.5 Å². The van der Waals surface area contributed by atoms with Crippen LogP contribution in [0.5, 0.6) is 6.01 Å². The Kier molecular flexibility index (Phi) is 4.40. The van der Waals surface area contributed by atoms with Crippen molar-refractivity contribution in [2.45, 2.75) is 34.6 Å². The molecule has 24 heavy (non-hydrogen) atoms. The predicted molar refractivity (Wildman–Crippen MR) is 96.9 cm³/mol. The van der Waals surface area contributed by atoms with E-state index in [0.29, 0.717) is 5.65 Å². The summed E-state index contributed by atoms with van der Waals surface area (Å²) >= 11 is -1.78. The fourth-order valence-electron chi connectivity index (χ4n) is 2.46. The van der Waals surface area contributed by atoms with Gasteiger partial charge in [0, 0.05) is 0 Å². The van der Waals surface area contributed by atoms with E-state index in [1.807, 2.05) is 59.6 Å². The third kappa shape index (κ3) is 3.06. The van der Waals surface area contributed by atoms with Gasteiger partial charge in [-0.1, -0.05) is 0 Å². The molecule has 2 heterocycles. The van der Waals surface area contributed by atoms with E-state index >= 15 is 0 Å². The molecule has 0 aliphatic carbocycles. The summed E-state index contributed by atoms with van der Waals surface area (Å²) in [6.45, 7) is 11.9. The van der Waals surface area contributed by atoms with Crippen LogP contribution in [0.25, 0.3) is 5.65 Å². The first-order valence-electron chi connectivity index (χ1n) is 7.63. The molecule has 0 radical (unpaired) electrons. The average molecular weight is 342 g/mol. The van der Waals surface area contributed by atoms with Crippen LogP contribution < -0.4 is 8.91 Å². The second kappa shape index (κ2) is 6.35. The monoisotopic (exact) mass is 342 g/mol. The fourth-order valence-corrected chi connectivity index (χ4v) is 3.19. The molecule has 1 unspecified atom stereocenters. The third-order valence-corrected chi connectivity index (χ3v) is 4.93. The van der Waals surface area contributed by atoms with E-state index in [2.05, 4.69) is 14.8 Å². The van der Waals surface area contributed by atoms with Crippen molar-refractivity contribution in [3.05, 3.63) is 45.9 Å². The molecule has 0 saturated carbocycles. The summed E-state index contributed by atoms with van der Waals surface area (Å²) in [5.41, 5.74) is 6.71. The van der Waals surface area contributed by atoms with E-state index in [4.69, 9.17) is 4.18 Å². The number of rotatable bonds is 4. The summed E-state index contributed by atoms with van der Waals surface area (Å²) in [6, 6.07) is 4.10. The molecule has 6 nitrogen and oxygen atoms in total. The summed E-state index contributed by atoms with van der Waals surface area (Å²) in [4.78, 5) is 4.26. The molecule has 0 aliphatic heterocycles. The van der Waals surface area contributed by atoms with Gasteiger partial charge in [0.25, 0.3) is 0 Å². The van der Waals surface area contributed by atoms with Crippen LogP contribution in [0.15, 0.2) is 18.1 Å². The van der Waals surface area contributed by atoms with Crippen LogP contribution in [-0.2, 0) is 11.3 Å². The molecule has 1 atom stereocenters. The van der Waals surface area contributed by atoms with E-state index in [9.17, 15) is 4.21 Å². The number of fused-ring (bicyclic) bond motifs is 1. The van der Waals surface area contributed by atoms with Gasteiger partial charge in [-0.2, -0.15) is 0 Å². The molecular weight excluding hydrogens is 323 g/mol. The van der Waals surface area contributed by atoms with E-state index in [1.54, 1.807) is 4.52 Å². The van der Waals surface area contributed by atoms with E-state index in [1.165, 1.54) is 0 Å². The maximum absolute atomic E-state index is 12.3. The fraction of sp³-hybridized carbons (Fsp3) is 0.312. The zero-order chi connectivity index (χ0) is 17.4. The van der Waals surface area contributed by atoms with Crippen LogP contribution in [-0.4, -0.2) is 25.7 Å². The Balaban J connectivity index is 1.83. The third-order valence-electron chi connectivity index (χ3n) is 4.26. The van der Waals surface area contributed by atoms with Crippen molar-refractivity contribution in [3.63, 3.8) is 0 Å². The average Bonchev–Trinajstić information content (AvgIpc) is 2.94. The molecule has 1 aromatic carbocycles. The second-order valence-corrected chi connectivity index (χ2v) is 6.73. The van der Waals surface area contributed by atoms with Gasteiger partial charge in [-0.25, -0.2) is 0 Å². The molecule has 0 bridgehead atoms. The van der Waals surface area contributed by atoms with Crippen molar-refractivity contribution in [3.8, 4) is 6.01 Å². The Morgan fingerprint density at radius 2 is 1.88 bits per heavy atom. The van der Waals surface area contributed by atoms with E-state index in [0.717, 1.165) is 33.5 Å². The predicted octanol–water partition coefficient (Wildman–Crippen LogP) is 2.68. The van der Waals surface area contributed by atoms with Gasteiger partial charge in [0.1, 0.15) is 0 Å². The summed E-state index contributed by atoms with van der Waals surface area (Å²) in [5, 5.41) is 4.27. The summed E-state index contributed by atoms with van der Waals surface area (Å²) in [6.07, 6.45) is 0. The molecule has 0 fully saturated rings. The van der Waals surface area contributed by atoms with Crippen LogP contribution in [0, 0.1) is 34.6 Å². The Morgan fingerprint density at radius 3 is 2.62 bits per heavy atom. The van der Waals surface area contributed by atoms with Crippen molar-refractivity contribution < 1.29 is 8.39 Å². The quantitative estimate of drug-likeness (QED) is 0.792. The molecule has 0 aliphatic rings. The first-order chi connectivity index (χ1) is 11.4. The molecule has 3 aromatic rings. The molecular formula is C16H19BN4O2S. The van der Waals surface area contributed by atoms with Gasteiger partial charge in [0.15, 0.2) is 0 Å². The SMILES string of the molecule is Cc1bcc2nc(OS(=O)Nc3c(C)ccc(C)c3C)nn2c1C. The molecule has 3 rings (SSSR count). The molecule has 8 heteroatoms. The van der Waals surface area contributed by atoms with Crippen molar-refractivity contribution in [1.82, 2.24) is 14.6 Å². The van der Waals surface area contributed by atoms with E-state index in [-0.39, 0.29) is 6.01 Å². The number of aryl methyl sites for hydroxylation is 4. The van der Waals surface area contributed by atoms with Gasteiger partial charge >= 0.3 is 144 Å². The van der Waals surface area contributed by atoms with Gasteiger partial charge < -0.3 is 0 Å². The van der Waals surface area contributed by atoms with E-state index < -0.39 is 11.3 Å². The summed E-state index contributed by atoms with van der Waals surface area (Å²) in [7, 11) is 0. The normalized spacial score (nSPS) is 12.2. The molecule has 0 saturated heterocycles. The standard InChI is InChI=1S/C16H19BN4O2S/c1-9-6-7-10(2)15(11(9)3)20-24(22)23-16-18-14-8-17-12(4)13(5)21(14)19-16/h6-8,20H,1-5H3. The Morgan fingerprint density at radius 1 is 1.17 bits per heavy atom. The van der Waals surface area contributed by atoms with Gasteiger partial charge in [-0.3, -0.25) is 0 Å². The minimum absolute atomic E-state index is 0.0810. The molecule has 1 N–H and O–H groups in total. The Labute approximate surface area is 144 Å². The van der Waals surface area contributed by atoms with Crippen LogP contribution >= 0.6 is 0 Å². The van der Waals surface area contributed by atoms with Gasteiger partial charge in [0.2, 0.25) is 0 Å². The zero-order valence-electron chi connectivity index (χ0n) is 14.4. The number of benzene rings is 1. The van der Waals surface area contributed by atoms with Crippen LogP contribution in [0.4, 0.5) is 5.69 Å². The number of aromatic nitrogens is 3. The molecule has 124 valence electrons. The summed E-state index contributed by atoms with van der Waals surface area (Å²) < 4.78 is 22.3. The van der Waals surface area contributed by atoms with Gasteiger partial charge in [-0.15, -0.1) is 0 Å². The number of nitrogens with zero attached hydrogens (tertiary/aromatic N) is 3. The Bertz CT molecular complexity index is 955. The van der Waals surface area contributed by atoms with Crippen LogP contribution in [0.1, 0.15) is 27.8 Å². The van der Waals surface area contributed by atoms with Crippen molar-refractivity contribution in [2.24, 2.45) is 0 Å². The Hall–Kier alpha value is -2.22. The maximum atomic E-state index is 12.3. The van der Waals surface area contributed by atoms with Gasteiger partial charge in [-0.05, 0) is 0 Å². The summed E-state index contributed by atoms with van der Waals surface area (Å²) in [5.74, 6) is 1.85. The number of anilines is 1. The topological polar surface area (TPSA) is 68.5 Å². The van der Waals surface area contributed by atoms with Gasteiger partial charge in [0.05, 0.1) is 0 Å². The van der Waals surface area contributed by atoms with Crippen LogP contribution in [0.3, 0.4) is 0 Å². The first kappa shape index (κ1) is 16.6. The zero-order valence-corrected chi connectivity index (χ0v) is 15.2. The van der Waals surface area contributed by atoms with Crippen molar-refractivity contribution in [2.75, 3.05) is 4.72 Å². The minimum atomic E-state index is -1.78.